The van der Waals surface area contributed by atoms with Gasteiger partial charge >= 0.3 is 11.2 Å². The van der Waals surface area contributed by atoms with Gasteiger partial charge in [0.1, 0.15) is 0 Å². The molecule has 0 aliphatic carbocycles. The van der Waals surface area contributed by atoms with Crippen LogP contribution in [0.4, 0.5) is 26.3 Å². The Balaban J connectivity index is 5.50. The fourth-order valence-electron chi connectivity index (χ4n) is 0.516. The second-order valence-electron chi connectivity index (χ2n) is 2.67. The van der Waals surface area contributed by atoms with Crippen LogP contribution in [-0.2, 0) is 20.0 Å². The lowest BCUT2D eigenvalue weighted by Gasteiger charge is -2.23. The zero-order valence-electron chi connectivity index (χ0n) is 7.63. The van der Waals surface area contributed by atoms with Crippen molar-refractivity contribution in [1.82, 2.24) is 4.13 Å². The molecule has 0 unspecified atom stereocenters. The molecule has 0 radical (unpaired) electrons. The smallest absolute Gasteiger partial charge is 0.244 e. The largest absolute Gasteiger partial charge is 0.424 e. The van der Waals surface area contributed by atoms with Crippen LogP contribution in [0.15, 0.2) is 0 Å². The molecule has 0 aromatic heterocycles. The van der Waals surface area contributed by atoms with Gasteiger partial charge in [0, 0.05) is 0 Å². The van der Waals surface area contributed by atoms with E-state index in [0.29, 0.717) is 0 Å². The summed E-state index contributed by atoms with van der Waals surface area (Å²) < 4.78 is 115. The van der Waals surface area contributed by atoms with Gasteiger partial charge in [0.25, 0.3) is 20.0 Å². The lowest BCUT2D eigenvalue weighted by atomic mass is 10.4. The summed E-state index contributed by atoms with van der Waals surface area (Å²) in [6.07, 6.45) is 0. The molecule has 0 saturated heterocycles. The van der Waals surface area contributed by atoms with Crippen LogP contribution in [0.25, 0.3) is 0 Å². The first kappa shape index (κ1) is 16.4. The van der Waals surface area contributed by atoms with Crippen molar-refractivity contribution in [2.45, 2.75) is 11.2 Å². The molecule has 0 rings (SSSR count). The molecule has 0 fully saturated rings. The summed E-state index contributed by atoms with van der Waals surface area (Å²) in [5.74, 6) is -5.65. The molecular weight excluding hydrogens is 304 g/mol. The Hall–Kier alpha value is -0.560. The lowest BCUT2D eigenvalue weighted by Crippen LogP contribution is -2.54. The number of nitrogens with one attached hydrogen (secondary N) is 1. The summed E-state index contributed by atoms with van der Waals surface area (Å²) in [5, 5.41) is -6.04. The number of hydrogen-bond acceptors (Lipinski definition) is 4. The first-order chi connectivity index (χ1) is 7.33. The molecule has 1 N–H and O–H groups in total. The molecule has 0 saturated carbocycles. The minimum Gasteiger partial charge on any atom is -0.244 e. The Morgan fingerprint density at radius 1 is 0.941 bits per heavy atom. The highest BCUT2D eigenvalue weighted by Crippen LogP contribution is 2.38. The van der Waals surface area contributed by atoms with Crippen molar-refractivity contribution in [2.75, 3.05) is 12.7 Å². The molecule has 0 heterocycles. The normalized spacial score (nSPS) is 14.9. The molecule has 0 aromatic rings. The van der Waals surface area contributed by atoms with Crippen LogP contribution in [-0.4, -0.2) is 40.7 Å². The second-order valence-corrected chi connectivity index (χ2v) is 6.30. The van der Waals surface area contributed by atoms with Crippen molar-refractivity contribution >= 4 is 20.0 Å². The predicted octanol–water partition coefficient (Wildman–Crippen LogP) is 0.360. The van der Waals surface area contributed by atoms with E-state index >= 15 is 0 Å². The number of sulfonamides is 2. The van der Waals surface area contributed by atoms with Gasteiger partial charge in [-0.15, -0.1) is 4.13 Å². The third-order valence-corrected chi connectivity index (χ3v) is 4.47. The number of alkyl halides is 6. The third-order valence-electron chi connectivity index (χ3n) is 1.31. The first-order valence-electron chi connectivity index (χ1n) is 3.46. The Bertz CT molecular complexity index is 470. The highest BCUT2D eigenvalue weighted by molar-refractivity contribution is 8.05. The molecule has 0 aromatic carbocycles. The van der Waals surface area contributed by atoms with Crippen molar-refractivity contribution in [3.8, 4) is 0 Å². The van der Waals surface area contributed by atoms with Gasteiger partial charge in [-0.3, -0.25) is 0 Å². The van der Waals surface area contributed by atoms with Crippen molar-refractivity contribution < 1.29 is 43.2 Å². The van der Waals surface area contributed by atoms with Crippen molar-refractivity contribution in [3.63, 3.8) is 0 Å². The molecule has 0 amide bonds. The minimum absolute atomic E-state index is 0.0358. The molecule has 5 nitrogen and oxygen atoms in total. The Morgan fingerprint density at radius 3 is 1.65 bits per heavy atom. The van der Waals surface area contributed by atoms with E-state index in [0.717, 1.165) is 0 Å². The summed E-state index contributed by atoms with van der Waals surface area (Å²) in [4.78, 5) is 0. The highest BCUT2D eigenvalue weighted by atomic mass is 32.3. The van der Waals surface area contributed by atoms with Crippen molar-refractivity contribution in [2.24, 2.45) is 0 Å². The topological polar surface area (TPSA) is 80.3 Å². The van der Waals surface area contributed by atoms with E-state index in [4.69, 9.17) is 0 Å². The molecule has 0 atom stereocenters. The third kappa shape index (κ3) is 3.22. The van der Waals surface area contributed by atoms with Crippen LogP contribution in [0.3, 0.4) is 0 Å². The molecule has 0 aliphatic heterocycles. The minimum atomic E-state index is -6.50. The number of hydrogen-bond donors (Lipinski definition) is 1. The SMILES string of the molecule is O=S(=O)(CF)NS(=O)(=O)C(F)(F)C(F)(F)CF. The fourth-order valence-corrected chi connectivity index (χ4v) is 2.90. The predicted molar refractivity (Wildman–Crippen MR) is 42.8 cm³/mol. The first-order valence-corrected chi connectivity index (χ1v) is 6.60. The van der Waals surface area contributed by atoms with Crippen LogP contribution in [0.1, 0.15) is 0 Å². The molecular formula is C4H5F6NO4S2. The van der Waals surface area contributed by atoms with Crippen LogP contribution in [0.5, 0.6) is 0 Å². The average molecular weight is 309 g/mol. The van der Waals surface area contributed by atoms with Gasteiger partial charge in [0.05, 0.1) is 0 Å². The molecule has 104 valence electrons. The van der Waals surface area contributed by atoms with Crippen LogP contribution in [0.2, 0.25) is 0 Å². The maximum absolute atomic E-state index is 12.6. The fraction of sp³-hybridized carbons (Fsp3) is 1.00. The Morgan fingerprint density at radius 2 is 1.35 bits per heavy atom. The summed E-state index contributed by atoms with van der Waals surface area (Å²) >= 11 is 0. The number of rotatable bonds is 6. The van der Waals surface area contributed by atoms with E-state index in [9.17, 15) is 43.2 Å². The van der Waals surface area contributed by atoms with E-state index in [1.54, 1.807) is 0 Å². The second kappa shape index (κ2) is 4.61. The number of halogens is 6. The Labute approximate surface area is 91.9 Å². The van der Waals surface area contributed by atoms with Crippen molar-refractivity contribution in [3.05, 3.63) is 0 Å². The zero-order chi connectivity index (χ0) is 14.1. The van der Waals surface area contributed by atoms with Gasteiger partial charge in [0.2, 0.25) is 6.01 Å². The van der Waals surface area contributed by atoms with Gasteiger partial charge in [-0.1, -0.05) is 0 Å². The standard InChI is InChI=1S/C4H5F6NO4S2/c5-1-3(7,8)4(9,10)17(14,15)11-16(12,13)2-6/h11H,1-2H2. The van der Waals surface area contributed by atoms with Crippen LogP contribution in [0, 0.1) is 0 Å². The summed E-state index contributed by atoms with van der Waals surface area (Å²) in [5.41, 5.74) is 0. The average Bonchev–Trinajstić information content (AvgIpc) is 2.15. The van der Waals surface area contributed by atoms with Crippen LogP contribution < -0.4 is 4.13 Å². The van der Waals surface area contributed by atoms with E-state index in [-0.39, 0.29) is 4.13 Å². The molecule has 0 bridgehead atoms. The summed E-state index contributed by atoms with van der Waals surface area (Å²) in [6, 6.07) is -2.43. The van der Waals surface area contributed by atoms with Gasteiger partial charge in [-0.05, 0) is 0 Å². The van der Waals surface area contributed by atoms with Gasteiger partial charge in [-0.2, -0.15) is 17.6 Å². The molecule has 17 heavy (non-hydrogen) atoms. The monoisotopic (exact) mass is 309 g/mol. The summed E-state index contributed by atoms with van der Waals surface area (Å²) in [7, 11) is -11.9. The van der Waals surface area contributed by atoms with E-state index < -0.39 is 43.9 Å². The molecule has 0 aliphatic rings. The molecule has 0 spiro atoms. The van der Waals surface area contributed by atoms with E-state index in [1.807, 2.05) is 0 Å². The van der Waals surface area contributed by atoms with Gasteiger partial charge in [-0.25, -0.2) is 25.6 Å². The zero-order valence-corrected chi connectivity index (χ0v) is 9.26. The van der Waals surface area contributed by atoms with E-state index in [1.165, 1.54) is 0 Å². The maximum Gasteiger partial charge on any atom is 0.424 e. The Kier molecular flexibility index (Phi) is 4.45. The lowest BCUT2D eigenvalue weighted by molar-refractivity contribution is -0.166. The van der Waals surface area contributed by atoms with Gasteiger partial charge < -0.3 is 0 Å². The highest BCUT2D eigenvalue weighted by Gasteiger charge is 2.66. The van der Waals surface area contributed by atoms with Crippen molar-refractivity contribution in [1.29, 1.82) is 0 Å². The summed E-state index contributed by atoms with van der Waals surface area (Å²) in [6.45, 7) is -3.05. The quantitative estimate of drug-likeness (QED) is 0.718. The van der Waals surface area contributed by atoms with E-state index in [2.05, 4.69) is 0 Å². The molecule has 13 heteroatoms. The maximum atomic E-state index is 12.6. The van der Waals surface area contributed by atoms with Crippen LogP contribution >= 0.6 is 0 Å². The van der Waals surface area contributed by atoms with Gasteiger partial charge in [0.15, 0.2) is 6.67 Å².